The van der Waals surface area contributed by atoms with Crippen LogP contribution in [0.4, 0.5) is 18.3 Å². The van der Waals surface area contributed by atoms with Crippen molar-refractivity contribution in [3.05, 3.63) is 80.2 Å². The molecule has 0 fully saturated rings. The van der Waals surface area contributed by atoms with Crippen molar-refractivity contribution in [3.8, 4) is 0 Å². The van der Waals surface area contributed by atoms with Crippen LogP contribution in [0.2, 0.25) is 5.02 Å². The van der Waals surface area contributed by atoms with Gasteiger partial charge in [-0.2, -0.15) is 13.2 Å². The topological polar surface area (TPSA) is 77.1 Å². The first kappa shape index (κ1) is 23.1. The molecule has 0 spiro atoms. The molecule has 4 rings (SSSR count). The molecule has 4 aromatic rings. The number of fused-ring (bicyclic) bond motifs is 1. The van der Waals surface area contributed by atoms with E-state index in [2.05, 4.69) is 10.3 Å². The number of alkyl halides is 3. The van der Waals surface area contributed by atoms with Crippen LogP contribution >= 0.6 is 22.9 Å². The van der Waals surface area contributed by atoms with E-state index in [1.54, 1.807) is 24.3 Å². The largest absolute Gasteiger partial charge is 0.419 e. The summed E-state index contributed by atoms with van der Waals surface area (Å²) in [7, 11) is 0. The van der Waals surface area contributed by atoms with Crippen molar-refractivity contribution < 1.29 is 22.4 Å². The van der Waals surface area contributed by atoms with E-state index in [4.69, 9.17) is 16.0 Å². The minimum Gasteiger partial charge on any atom is -0.408 e. The number of aryl methyl sites for hydroxylation is 1. The van der Waals surface area contributed by atoms with Gasteiger partial charge in [-0.1, -0.05) is 23.7 Å². The van der Waals surface area contributed by atoms with E-state index >= 15 is 0 Å². The maximum absolute atomic E-state index is 13.0. The van der Waals surface area contributed by atoms with Crippen molar-refractivity contribution in [1.82, 2.24) is 9.55 Å². The zero-order chi connectivity index (χ0) is 23.6. The molecule has 1 amide bonds. The number of nitrogens with zero attached hydrogens (tertiary/aromatic N) is 2. The second kappa shape index (κ2) is 9.40. The number of hydrogen-bond donors (Lipinski definition) is 1. The van der Waals surface area contributed by atoms with E-state index in [0.717, 1.165) is 23.5 Å². The molecule has 2 aromatic heterocycles. The Hall–Kier alpha value is -3.11. The molecular weight excluding hydrogens is 479 g/mol. The summed E-state index contributed by atoms with van der Waals surface area (Å²) in [5.74, 6) is -0.761. The molecule has 0 aliphatic rings. The van der Waals surface area contributed by atoms with Crippen LogP contribution in [0.5, 0.6) is 0 Å². The van der Waals surface area contributed by atoms with Crippen molar-refractivity contribution in [2.75, 3.05) is 5.32 Å². The van der Waals surface area contributed by atoms with Gasteiger partial charge in [0.2, 0.25) is 5.91 Å². The first-order chi connectivity index (χ1) is 15.7. The van der Waals surface area contributed by atoms with Gasteiger partial charge in [0, 0.05) is 35.5 Å². The number of thiazole rings is 1. The fourth-order valence-electron chi connectivity index (χ4n) is 3.33. The summed E-state index contributed by atoms with van der Waals surface area (Å²) in [6.45, 7) is 0.320. The molecule has 11 heteroatoms. The Bertz CT molecular complexity index is 1360. The lowest BCUT2D eigenvalue weighted by Crippen LogP contribution is -2.17. The molecule has 0 saturated heterocycles. The van der Waals surface area contributed by atoms with Crippen LogP contribution in [-0.4, -0.2) is 15.5 Å². The third-order valence-corrected chi connectivity index (χ3v) is 6.18. The Morgan fingerprint density at radius 3 is 2.79 bits per heavy atom. The van der Waals surface area contributed by atoms with Gasteiger partial charge >= 0.3 is 11.9 Å². The van der Waals surface area contributed by atoms with Gasteiger partial charge in [-0.25, -0.2) is 9.78 Å². The number of hydrogen-bond acceptors (Lipinski definition) is 5. The molecule has 2 aromatic carbocycles. The molecule has 0 atom stereocenters. The van der Waals surface area contributed by atoms with Gasteiger partial charge in [-0.05, 0) is 42.3 Å². The van der Waals surface area contributed by atoms with Crippen molar-refractivity contribution >= 4 is 45.1 Å². The number of benzene rings is 2. The molecule has 6 nitrogen and oxygen atoms in total. The van der Waals surface area contributed by atoms with Gasteiger partial charge < -0.3 is 9.73 Å². The number of rotatable bonds is 7. The molecule has 172 valence electrons. The number of carbonyl (C=O) groups excluding carboxylic acids is 1. The molecular formula is C22H17ClF3N3O3S. The second-order valence-electron chi connectivity index (χ2n) is 7.25. The Morgan fingerprint density at radius 2 is 2.00 bits per heavy atom. The Labute approximate surface area is 194 Å². The molecule has 0 aliphatic heterocycles. The summed E-state index contributed by atoms with van der Waals surface area (Å²) in [6, 6.07) is 10.2. The van der Waals surface area contributed by atoms with Crippen LogP contribution in [0.15, 0.2) is 57.9 Å². The zero-order valence-corrected chi connectivity index (χ0v) is 18.6. The highest BCUT2D eigenvalue weighted by Crippen LogP contribution is 2.33. The number of para-hydroxylation sites is 2. The molecule has 0 radical (unpaired) electrons. The van der Waals surface area contributed by atoms with E-state index in [1.165, 1.54) is 16.8 Å². The number of aromatic nitrogens is 2. The molecule has 0 unspecified atom stereocenters. The fraction of sp³-hybridized carbons (Fsp3) is 0.227. The number of amides is 1. The Balaban J connectivity index is 1.34. The minimum absolute atomic E-state index is 0.153. The zero-order valence-electron chi connectivity index (χ0n) is 17.0. The highest BCUT2D eigenvalue weighted by molar-refractivity contribution is 7.15. The Kier molecular flexibility index (Phi) is 6.57. The van der Waals surface area contributed by atoms with Crippen molar-refractivity contribution in [1.29, 1.82) is 0 Å². The average Bonchev–Trinajstić information content (AvgIpc) is 3.32. The van der Waals surface area contributed by atoms with Gasteiger partial charge in [0.05, 0.1) is 11.1 Å². The van der Waals surface area contributed by atoms with Gasteiger partial charge in [-0.15, -0.1) is 11.3 Å². The van der Waals surface area contributed by atoms with Gasteiger partial charge in [-0.3, -0.25) is 9.36 Å². The lowest BCUT2D eigenvalue weighted by Gasteiger charge is -2.09. The normalized spacial score (nSPS) is 11.8. The summed E-state index contributed by atoms with van der Waals surface area (Å²) in [4.78, 5) is 29.0. The highest BCUT2D eigenvalue weighted by Gasteiger charge is 2.31. The Morgan fingerprint density at radius 1 is 1.21 bits per heavy atom. The predicted molar refractivity (Wildman–Crippen MR) is 120 cm³/mol. The van der Waals surface area contributed by atoms with E-state index in [1.807, 2.05) is 0 Å². The molecule has 0 aliphatic carbocycles. The average molecular weight is 496 g/mol. The summed E-state index contributed by atoms with van der Waals surface area (Å²) in [5, 5.41) is 3.24. The van der Waals surface area contributed by atoms with Crippen molar-refractivity contribution in [3.63, 3.8) is 0 Å². The van der Waals surface area contributed by atoms with E-state index < -0.39 is 17.5 Å². The van der Waals surface area contributed by atoms with Crippen molar-refractivity contribution in [2.45, 2.75) is 32.0 Å². The molecule has 1 N–H and O–H groups in total. The number of nitrogens with one attached hydrogen (secondary N) is 1. The summed E-state index contributed by atoms with van der Waals surface area (Å²) >= 11 is 7.21. The smallest absolute Gasteiger partial charge is 0.408 e. The van der Waals surface area contributed by atoms with Gasteiger partial charge in [0.25, 0.3) is 0 Å². The van der Waals surface area contributed by atoms with E-state index in [0.29, 0.717) is 39.6 Å². The second-order valence-corrected chi connectivity index (χ2v) is 8.77. The number of anilines is 1. The minimum atomic E-state index is -4.46. The first-order valence-electron chi connectivity index (χ1n) is 9.89. The lowest BCUT2D eigenvalue weighted by atomic mass is 10.1. The van der Waals surface area contributed by atoms with Crippen LogP contribution in [-0.2, 0) is 23.9 Å². The maximum atomic E-state index is 13.0. The first-order valence-corrected chi connectivity index (χ1v) is 11.1. The predicted octanol–water partition coefficient (Wildman–Crippen LogP) is 5.73. The standard InChI is InChI=1S/C22H17ClF3N3O3S/c23-16-8-7-14(22(24,25)26)10-13(16)11-15-12-27-20(33-15)28-19(30)6-3-9-29-17-4-1-2-5-18(17)32-21(29)31/h1-2,4-5,7-8,10,12H,3,6,9,11H2,(H,27,28,30). The third kappa shape index (κ3) is 5.45. The summed E-state index contributed by atoms with van der Waals surface area (Å²) in [6.07, 6.45) is -2.24. The molecule has 0 saturated carbocycles. The number of oxazole rings is 1. The van der Waals surface area contributed by atoms with Crippen LogP contribution in [0, 0.1) is 0 Å². The SMILES string of the molecule is O=C(CCCn1c(=O)oc2ccccc21)Nc1ncc(Cc2cc(C(F)(F)F)ccc2Cl)s1. The fourth-order valence-corrected chi connectivity index (χ4v) is 4.36. The number of carbonyl (C=O) groups is 1. The summed E-state index contributed by atoms with van der Waals surface area (Å²) < 4.78 is 45.5. The van der Waals surface area contributed by atoms with Crippen molar-refractivity contribution in [2.24, 2.45) is 0 Å². The molecule has 0 bridgehead atoms. The van der Waals surface area contributed by atoms with Gasteiger partial charge in [0.1, 0.15) is 0 Å². The number of halogens is 4. The molecule has 33 heavy (non-hydrogen) atoms. The van der Waals surface area contributed by atoms with E-state index in [9.17, 15) is 22.8 Å². The van der Waals surface area contributed by atoms with Crippen LogP contribution < -0.4 is 11.1 Å². The highest BCUT2D eigenvalue weighted by atomic mass is 35.5. The molecule has 2 heterocycles. The van der Waals surface area contributed by atoms with Crippen LogP contribution in [0.1, 0.15) is 28.8 Å². The lowest BCUT2D eigenvalue weighted by molar-refractivity contribution is -0.137. The van der Waals surface area contributed by atoms with Crippen LogP contribution in [0.25, 0.3) is 11.1 Å². The summed E-state index contributed by atoms with van der Waals surface area (Å²) in [5.41, 5.74) is 0.708. The quantitative estimate of drug-likeness (QED) is 0.355. The maximum Gasteiger partial charge on any atom is 0.419 e. The monoisotopic (exact) mass is 495 g/mol. The van der Waals surface area contributed by atoms with Gasteiger partial charge in [0.15, 0.2) is 10.7 Å². The van der Waals surface area contributed by atoms with Crippen LogP contribution in [0.3, 0.4) is 0 Å². The van der Waals surface area contributed by atoms with E-state index in [-0.39, 0.29) is 23.8 Å². The third-order valence-electron chi connectivity index (χ3n) is 4.90.